The Kier molecular flexibility index (Phi) is 4.86. The first-order chi connectivity index (χ1) is 11.2. The van der Waals surface area contributed by atoms with Gasteiger partial charge in [-0.3, -0.25) is 4.79 Å². The summed E-state index contributed by atoms with van der Waals surface area (Å²) in [6.45, 7) is 2.54. The van der Waals surface area contributed by atoms with Crippen molar-refractivity contribution in [2.45, 2.75) is 45.2 Å². The predicted molar refractivity (Wildman–Crippen MR) is 90.3 cm³/mol. The van der Waals surface area contributed by atoms with Crippen LogP contribution in [0.1, 0.15) is 47.3 Å². The standard InChI is InChI=1S/C18H22N4O/c1-13-6-2-3-7-14(13)11-19-18(23)16-10-17(21-12-20-16)22-15-8-4-5-9-15/h2-3,6-7,10,12,15H,4-5,8-9,11H2,1H3,(H,19,23)(H,20,21,22). The van der Waals surface area contributed by atoms with Gasteiger partial charge in [-0.2, -0.15) is 0 Å². The summed E-state index contributed by atoms with van der Waals surface area (Å²) in [5.74, 6) is 0.554. The summed E-state index contributed by atoms with van der Waals surface area (Å²) >= 11 is 0. The van der Waals surface area contributed by atoms with E-state index in [1.165, 1.54) is 37.6 Å². The van der Waals surface area contributed by atoms with Crippen molar-refractivity contribution in [3.05, 3.63) is 53.5 Å². The van der Waals surface area contributed by atoms with Crippen LogP contribution in [0.15, 0.2) is 36.7 Å². The van der Waals surface area contributed by atoms with Crippen LogP contribution < -0.4 is 10.6 Å². The number of rotatable bonds is 5. The van der Waals surface area contributed by atoms with E-state index in [1.807, 2.05) is 31.2 Å². The molecule has 3 rings (SSSR count). The first-order valence-corrected chi connectivity index (χ1v) is 8.13. The summed E-state index contributed by atoms with van der Waals surface area (Å²) in [4.78, 5) is 20.6. The van der Waals surface area contributed by atoms with Crippen molar-refractivity contribution in [3.63, 3.8) is 0 Å². The predicted octanol–water partition coefficient (Wildman–Crippen LogP) is 3.07. The Morgan fingerprint density at radius 3 is 2.78 bits per heavy atom. The van der Waals surface area contributed by atoms with E-state index in [0.29, 0.717) is 18.3 Å². The smallest absolute Gasteiger partial charge is 0.270 e. The highest BCUT2D eigenvalue weighted by atomic mass is 16.1. The molecule has 1 amide bonds. The average Bonchev–Trinajstić information content (AvgIpc) is 3.07. The quantitative estimate of drug-likeness (QED) is 0.890. The molecule has 0 spiro atoms. The molecular formula is C18H22N4O. The highest BCUT2D eigenvalue weighted by Gasteiger charge is 2.16. The maximum Gasteiger partial charge on any atom is 0.270 e. The molecule has 1 aliphatic carbocycles. The number of carbonyl (C=O) groups excluding carboxylic acids is 1. The second-order valence-electron chi connectivity index (χ2n) is 6.02. The highest BCUT2D eigenvalue weighted by molar-refractivity contribution is 5.92. The zero-order valence-electron chi connectivity index (χ0n) is 13.4. The lowest BCUT2D eigenvalue weighted by Crippen LogP contribution is -2.25. The SMILES string of the molecule is Cc1ccccc1CNC(=O)c1cc(NC2CCCC2)ncn1. The molecule has 1 aromatic heterocycles. The minimum absolute atomic E-state index is 0.176. The molecule has 1 saturated carbocycles. The molecule has 0 bridgehead atoms. The van der Waals surface area contributed by atoms with Crippen LogP contribution in [-0.2, 0) is 6.54 Å². The number of amides is 1. The van der Waals surface area contributed by atoms with Gasteiger partial charge in [0.25, 0.3) is 5.91 Å². The number of carbonyl (C=O) groups is 1. The maximum atomic E-state index is 12.3. The van der Waals surface area contributed by atoms with Crippen molar-refractivity contribution in [2.24, 2.45) is 0 Å². The Labute approximate surface area is 136 Å². The largest absolute Gasteiger partial charge is 0.367 e. The molecule has 0 unspecified atom stereocenters. The number of nitrogens with zero attached hydrogens (tertiary/aromatic N) is 2. The minimum Gasteiger partial charge on any atom is -0.367 e. The topological polar surface area (TPSA) is 66.9 Å². The molecule has 0 saturated heterocycles. The molecule has 23 heavy (non-hydrogen) atoms. The molecule has 0 radical (unpaired) electrons. The third-order valence-electron chi connectivity index (χ3n) is 4.31. The third kappa shape index (κ3) is 4.06. The van der Waals surface area contributed by atoms with E-state index >= 15 is 0 Å². The van der Waals surface area contributed by atoms with E-state index in [2.05, 4.69) is 20.6 Å². The lowest BCUT2D eigenvalue weighted by atomic mass is 10.1. The van der Waals surface area contributed by atoms with Crippen molar-refractivity contribution in [2.75, 3.05) is 5.32 Å². The first kappa shape index (κ1) is 15.5. The van der Waals surface area contributed by atoms with Gasteiger partial charge in [0.2, 0.25) is 0 Å². The Hall–Kier alpha value is -2.43. The molecule has 5 nitrogen and oxygen atoms in total. The van der Waals surface area contributed by atoms with Crippen LogP contribution in [0.4, 0.5) is 5.82 Å². The van der Waals surface area contributed by atoms with Gasteiger partial charge in [0.05, 0.1) is 0 Å². The fraction of sp³-hybridized carbons (Fsp3) is 0.389. The van der Waals surface area contributed by atoms with Gasteiger partial charge in [0, 0.05) is 18.7 Å². The van der Waals surface area contributed by atoms with E-state index in [9.17, 15) is 4.79 Å². The Morgan fingerprint density at radius 1 is 1.22 bits per heavy atom. The van der Waals surface area contributed by atoms with E-state index in [0.717, 1.165) is 11.4 Å². The van der Waals surface area contributed by atoms with Gasteiger partial charge in [-0.15, -0.1) is 0 Å². The molecule has 0 aliphatic heterocycles. The van der Waals surface area contributed by atoms with Gasteiger partial charge in [-0.05, 0) is 30.9 Å². The van der Waals surface area contributed by atoms with Crippen molar-refractivity contribution in [1.29, 1.82) is 0 Å². The minimum atomic E-state index is -0.176. The molecular weight excluding hydrogens is 288 g/mol. The zero-order chi connectivity index (χ0) is 16.1. The third-order valence-corrected chi connectivity index (χ3v) is 4.31. The van der Waals surface area contributed by atoms with Crippen molar-refractivity contribution >= 4 is 11.7 Å². The van der Waals surface area contributed by atoms with Gasteiger partial charge in [0.15, 0.2) is 0 Å². The maximum absolute atomic E-state index is 12.3. The molecule has 2 aromatic rings. The monoisotopic (exact) mass is 310 g/mol. The summed E-state index contributed by atoms with van der Waals surface area (Å²) < 4.78 is 0. The van der Waals surface area contributed by atoms with Crippen LogP contribution in [0.5, 0.6) is 0 Å². The molecule has 2 N–H and O–H groups in total. The van der Waals surface area contributed by atoms with Crippen molar-refractivity contribution < 1.29 is 4.79 Å². The molecule has 5 heteroatoms. The van der Waals surface area contributed by atoms with Crippen molar-refractivity contribution in [3.8, 4) is 0 Å². The second kappa shape index (κ2) is 7.22. The Morgan fingerprint density at radius 2 is 2.00 bits per heavy atom. The van der Waals surface area contributed by atoms with E-state index < -0.39 is 0 Å². The number of aryl methyl sites for hydroxylation is 1. The summed E-state index contributed by atoms with van der Waals surface area (Å²) in [6.07, 6.45) is 6.29. The number of hydrogen-bond donors (Lipinski definition) is 2. The van der Waals surface area contributed by atoms with Crippen molar-refractivity contribution in [1.82, 2.24) is 15.3 Å². The van der Waals surface area contributed by atoms with Gasteiger partial charge in [-0.25, -0.2) is 9.97 Å². The number of benzene rings is 1. The summed E-state index contributed by atoms with van der Waals surface area (Å²) in [5, 5.41) is 6.31. The second-order valence-corrected chi connectivity index (χ2v) is 6.02. The molecule has 0 atom stereocenters. The lowest BCUT2D eigenvalue weighted by molar-refractivity contribution is 0.0945. The number of nitrogens with one attached hydrogen (secondary N) is 2. The molecule has 120 valence electrons. The number of hydrogen-bond acceptors (Lipinski definition) is 4. The van der Waals surface area contributed by atoms with Gasteiger partial charge >= 0.3 is 0 Å². The van der Waals surface area contributed by atoms with Crippen LogP contribution >= 0.6 is 0 Å². The van der Waals surface area contributed by atoms with Crippen LogP contribution in [-0.4, -0.2) is 21.9 Å². The normalized spacial score (nSPS) is 14.7. The fourth-order valence-electron chi connectivity index (χ4n) is 2.91. The number of anilines is 1. The van der Waals surface area contributed by atoms with Crippen LogP contribution in [0.3, 0.4) is 0 Å². The lowest BCUT2D eigenvalue weighted by Gasteiger charge is -2.13. The van der Waals surface area contributed by atoms with Crippen LogP contribution in [0.2, 0.25) is 0 Å². The van der Waals surface area contributed by atoms with E-state index in [1.54, 1.807) is 6.07 Å². The number of aromatic nitrogens is 2. The first-order valence-electron chi connectivity index (χ1n) is 8.13. The zero-order valence-corrected chi connectivity index (χ0v) is 13.4. The summed E-state index contributed by atoms with van der Waals surface area (Å²) in [6, 6.07) is 10.2. The van der Waals surface area contributed by atoms with E-state index in [-0.39, 0.29) is 5.91 Å². The van der Waals surface area contributed by atoms with Gasteiger partial charge in [-0.1, -0.05) is 37.1 Å². The van der Waals surface area contributed by atoms with Crippen LogP contribution in [0.25, 0.3) is 0 Å². The Balaban J connectivity index is 1.61. The Bertz CT molecular complexity index is 680. The molecule has 1 aromatic carbocycles. The fourth-order valence-corrected chi connectivity index (χ4v) is 2.91. The molecule has 1 fully saturated rings. The van der Waals surface area contributed by atoms with Gasteiger partial charge < -0.3 is 10.6 Å². The average molecular weight is 310 g/mol. The van der Waals surface area contributed by atoms with E-state index in [4.69, 9.17) is 0 Å². The summed E-state index contributed by atoms with van der Waals surface area (Å²) in [5.41, 5.74) is 2.67. The van der Waals surface area contributed by atoms with Crippen LogP contribution in [0, 0.1) is 6.92 Å². The molecule has 1 aliphatic rings. The highest BCUT2D eigenvalue weighted by Crippen LogP contribution is 2.21. The molecule has 1 heterocycles. The summed E-state index contributed by atoms with van der Waals surface area (Å²) in [7, 11) is 0. The van der Waals surface area contributed by atoms with Gasteiger partial charge in [0.1, 0.15) is 17.8 Å².